The summed E-state index contributed by atoms with van der Waals surface area (Å²) in [7, 11) is 0. The van der Waals surface area contributed by atoms with Gasteiger partial charge in [-0.1, -0.05) is 24.3 Å². The van der Waals surface area contributed by atoms with Crippen molar-refractivity contribution < 1.29 is 4.79 Å². The molecule has 31 heavy (non-hydrogen) atoms. The van der Waals surface area contributed by atoms with E-state index in [-0.39, 0.29) is 11.4 Å². The molecule has 1 amide bonds. The van der Waals surface area contributed by atoms with Crippen LogP contribution >= 0.6 is 0 Å². The smallest absolute Gasteiger partial charge is 0.273 e. The largest absolute Gasteiger partial charge is 0.363 e. The van der Waals surface area contributed by atoms with Gasteiger partial charge in [-0.2, -0.15) is 5.10 Å². The zero-order chi connectivity index (χ0) is 22.0. The maximum absolute atomic E-state index is 12.7. The van der Waals surface area contributed by atoms with Gasteiger partial charge in [-0.15, -0.1) is 0 Å². The minimum atomic E-state index is -0.242. The molecule has 2 heterocycles. The number of carbonyl (C=O) groups excluding carboxylic acids is 1. The van der Waals surface area contributed by atoms with Gasteiger partial charge in [0.25, 0.3) is 5.91 Å². The summed E-state index contributed by atoms with van der Waals surface area (Å²) in [5.74, 6) is -0.242. The molecule has 3 aromatic rings. The molecule has 1 aromatic heterocycles. The number of benzene rings is 2. The van der Waals surface area contributed by atoms with Gasteiger partial charge < -0.3 is 9.47 Å². The van der Waals surface area contributed by atoms with Gasteiger partial charge in [0.05, 0.1) is 23.0 Å². The van der Waals surface area contributed by atoms with Crippen LogP contribution in [0, 0.1) is 0 Å². The van der Waals surface area contributed by atoms with Gasteiger partial charge in [0, 0.05) is 30.2 Å². The molecule has 4 rings (SSSR count). The van der Waals surface area contributed by atoms with Crippen molar-refractivity contribution in [3.05, 3.63) is 89.8 Å². The second-order valence-corrected chi connectivity index (χ2v) is 8.31. The van der Waals surface area contributed by atoms with Crippen LogP contribution in [0.3, 0.4) is 0 Å². The predicted molar refractivity (Wildman–Crippen MR) is 128 cm³/mol. The molecule has 1 aliphatic heterocycles. The minimum Gasteiger partial charge on any atom is -0.363 e. The van der Waals surface area contributed by atoms with Crippen LogP contribution in [0.4, 0.5) is 5.69 Å². The van der Waals surface area contributed by atoms with Crippen molar-refractivity contribution in [2.45, 2.75) is 33.2 Å². The Hall–Kier alpha value is -3.60. The number of hydrogen-bond acceptors (Lipinski definition) is 3. The highest BCUT2D eigenvalue weighted by Gasteiger charge is 2.29. The van der Waals surface area contributed by atoms with Gasteiger partial charge >= 0.3 is 0 Å². The summed E-state index contributed by atoms with van der Waals surface area (Å²) in [4.78, 5) is 15.1. The molecule has 2 aromatic carbocycles. The fourth-order valence-corrected chi connectivity index (χ4v) is 4.37. The quantitative estimate of drug-likeness (QED) is 0.459. The molecule has 158 valence electrons. The third-order valence-corrected chi connectivity index (χ3v) is 5.73. The summed E-state index contributed by atoms with van der Waals surface area (Å²) in [6.07, 6.45) is 7.83. The zero-order valence-electron chi connectivity index (χ0n) is 18.5. The number of rotatable bonds is 5. The van der Waals surface area contributed by atoms with Crippen LogP contribution in [0.5, 0.6) is 0 Å². The molecule has 5 nitrogen and oxygen atoms in total. The predicted octanol–water partition coefficient (Wildman–Crippen LogP) is 5.26. The van der Waals surface area contributed by atoms with Gasteiger partial charge in [0.1, 0.15) is 0 Å². The summed E-state index contributed by atoms with van der Waals surface area (Å²) in [5, 5.41) is 4.22. The van der Waals surface area contributed by atoms with Crippen LogP contribution < -0.4 is 10.3 Å². The Morgan fingerprint density at radius 2 is 1.81 bits per heavy atom. The van der Waals surface area contributed by atoms with E-state index in [1.165, 1.54) is 16.8 Å². The molecule has 0 fully saturated rings. The lowest BCUT2D eigenvalue weighted by molar-refractivity contribution is 0.0955. The number of hydrogen-bond donors (Lipinski definition) is 1. The fraction of sp³-hybridized carbons (Fsp3) is 0.231. The molecular formula is C26H28N4O. The number of amides is 1. The average molecular weight is 413 g/mol. The third-order valence-electron chi connectivity index (χ3n) is 5.73. The lowest BCUT2D eigenvalue weighted by atomic mass is 9.88. The van der Waals surface area contributed by atoms with Crippen molar-refractivity contribution in [3.8, 4) is 5.69 Å². The van der Waals surface area contributed by atoms with Crippen LogP contribution in [0.1, 0.15) is 49.2 Å². The second-order valence-electron chi connectivity index (χ2n) is 8.31. The van der Waals surface area contributed by atoms with Crippen molar-refractivity contribution in [1.82, 2.24) is 9.99 Å². The number of allylic oxidation sites excluding steroid dienone is 1. The number of carbonyl (C=O) groups is 1. The molecule has 0 saturated heterocycles. The topological polar surface area (TPSA) is 49.6 Å². The van der Waals surface area contributed by atoms with Crippen molar-refractivity contribution in [2.24, 2.45) is 5.10 Å². The highest BCUT2D eigenvalue weighted by atomic mass is 16.2. The summed E-state index contributed by atoms with van der Waals surface area (Å²) in [6.45, 7) is 9.73. The summed E-state index contributed by atoms with van der Waals surface area (Å²) >= 11 is 0. The van der Waals surface area contributed by atoms with Gasteiger partial charge in [-0.05, 0) is 75.2 Å². The Bertz CT molecular complexity index is 1160. The monoisotopic (exact) mass is 412 g/mol. The van der Waals surface area contributed by atoms with Crippen LogP contribution in [-0.4, -0.2) is 28.8 Å². The maximum atomic E-state index is 12.7. The highest BCUT2D eigenvalue weighted by Crippen LogP contribution is 2.38. The van der Waals surface area contributed by atoms with E-state index in [0.717, 1.165) is 17.8 Å². The number of para-hydroxylation sites is 1. The first-order chi connectivity index (χ1) is 14.9. The second kappa shape index (κ2) is 8.26. The Morgan fingerprint density at radius 1 is 1.06 bits per heavy atom. The number of anilines is 1. The molecular weight excluding hydrogens is 384 g/mol. The molecule has 0 saturated carbocycles. The first kappa shape index (κ1) is 20.7. The van der Waals surface area contributed by atoms with E-state index >= 15 is 0 Å². The van der Waals surface area contributed by atoms with Crippen LogP contribution in [0.15, 0.2) is 78.2 Å². The zero-order valence-corrected chi connectivity index (χ0v) is 18.5. The molecule has 0 radical (unpaired) electrons. The van der Waals surface area contributed by atoms with Gasteiger partial charge in [0.2, 0.25) is 0 Å². The fourth-order valence-electron chi connectivity index (χ4n) is 4.37. The van der Waals surface area contributed by atoms with E-state index in [0.29, 0.717) is 5.56 Å². The lowest BCUT2D eigenvalue weighted by Gasteiger charge is -2.42. The van der Waals surface area contributed by atoms with E-state index < -0.39 is 0 Å². The van der Waals surface area contributed by atoms with Crippen LogP contribution in [-0.2, 0) is 0 Å². The average Bonchev–Trinajstić information content (AvgIpc) is 3.28. The van der Waals surface area contributed by atoms with E-state index in [1.807, 2.05) is 53.4 Å². The van der Waals surface area contributed by atoms with E-state index in [2.05, 4.69) is 61.3 Å². The maximum Gasteiger partial charge on any atom is 0.273 e. The first-order valence-corrected chi connectivity index (χ1v) is 10.6. The van der Waals surface area contributed by atoms with Crippen molar-refractivity contribution >= 4 is 23.4 Å². The molecule has 1 aliphatic rings. The van der Waals surface area contributed by atoms with E-state index in [4.69, 9.17) is 0 Å². The molecule has 0 bridgehead atoms. The standard InChI is InChI=1S/C26H28N4O/c1-5-30-24-13-12-20(16-22(24)19(2)17-26(30,3)4)18-27-28-25(31)21-10-6-7-11-23(21)29-14-8-9-15-29/h6-18H,5H2,1-4H3,(H,28,31)/b27-18+. The number of likely N-dealkylation sites (N-methyl/N-ethyl adjacent to an activating group) is 1. The van der Waals surface area contributed by atoms with Crippen LogP contribution in [0.25, 0.3) is 11.3 Å². The van der Waals surface area contributed by atoms with Crippen molar-refractivity contribution in [1.29, 1.82) is 0 Å². The Labute approximate surface area is 183 Å². The molecule has 0 spiro atoms. The number of fused-ring (bicyclic) bond motifs is 1. The number of aromatic nitrogens is 1. The molecule has 5 heteroatoms. The minimum absolute atomic E-state index is 0.0114. The molecule has 1 N–H and O–H groups in total. The van der Waals surface area contributed by atoms with Gasteiger partial charge in [-0.3, -0.25) is 4.79 Å². The molecule has 0 unspecified atom stereocenters. The van der Waals surface area contributed by atoms with Crippen molar-refractivity contribution in [3.63, 3.8) is 0 Å². The third kappa shape index (κ3) is 4.04. The van der Waals surface area contributed by atoms with Crippen LogP contribution in [0.2, 0.25) is 0 Å². The lowest BCUT2D eigenvalue weighted by Crippen LogP contribution is -2.44. The first-order valence-electron chi connectivity index (χ1n) is 10.6. The Morgan fingerprint density at radius 3 is 2.55 bits per heavy atom. The van der Waals surface area contributed by atoms with Crippen molar-refractivity contribution in [2.75, 3.05) is 11.4 Å². The molecule has 0 aliphatic carbocycles. The Kier molecular flexibility index (Phi) is 5.51. The van der Waals surface area contributed by atoms with Gasteiger partial charge in [-0.25, -0.2) is 5.43 Å². The molecule has 0 atom stereocenters. The normalized spacial score (nSPS) is 15.0. The summed E-state index contributed by atoms with van der Waals surface area (Å²) < 4.78 is 1.91. The summed E-state index contributed by atoms with van der Waals surface area (Å²) in [6, 6.07) is 17.7. The highest BCUT2D eigenvalue weighted by molar-refractivity contribution is 5.98. The number of nitrogens with zero attached hydrogens (tertiary/aromatic N) is 3. The number of nitrogens with one attached hydrogen (secondary N) is 1. The number of hydrazone groups is 1. The summed E-state index contributed by atoms with van der Waals surface area (Å²) in [5.41, 5.74) is 8.68. The SMILES string of the molecule is CCN1c2ccc(/C=N/NC(=O)c3ccccc3-n3cccc3)cc2C(C)=CC1(C)C. The van der Waals surface area contributed by atoms with E-state index in [1.54, 1.807) is 12.3 Å². The van der Waals surface area contributed by atoms with E-state index in [9.17, 15) is 4.79 Å². The Balaban J connectivity index is 1.54. The van der Waals surface area contributed by atoms with Gasteiger partial charge in [0.15, 0.2) is 0 Å².